The van der Waals surface area contributed by atoms with Gasteiger partial charge in [-0.2, -0.15) is 0 Å². The Labute approximate surface area is 235 Å². The molecule has 1 aromatic heterocycles. The molecule has 0 unspecified atom stereocenters. The molecule has 0 radical (unpaired) electrons. The average Bonchev–Trinajstić information content (AvgIpc) is 2.95. The molecule has 3 heterocycles. The normalized spacial score (nSPS) is 15.9. The number of amides is 4. The molecule has 1 aromatic carbocycles. The standard InChI is InChI=1S/C28H39N7O5/c1-28(2,3)40-26(37)31-19-24(36)32(4)20-21-6-5-7-22(16-21)23-17-29-25(30-18-23)33-8-10-34(11-9-33)27(38)35-12-14-39-15-13-35/h5-7,16-18H,8-15,19-20H2,1-4H3,(H,31,37). The van der Waals surface area contributed by atoms with Crippen LogP contribution in [0.3, 0.4) is 0 Å². The molecule has 2 aromatic rings. The van der Waals surface area contributed by atoms with Crippen LogP contribution in [0.1, 0.15) is 26.3 Å². The molecule has 0 spiro atoms. The van der Waals surface area contributed by atoms with E-state index in [1.165, 1.54) is 0 Å². The molecule has 0 bridgehead atoms. The summed E-state index contributed by atoms with van der Waals surface area (Å²) in [5.41, 5.74) is 2.13. The fourth-order valence-corrected chi connectivity index (χ4v) is 4.49. The van der Waals surface area contributed by atoms with Crippen molar-refractivity contribution in [2.75, 3.05) is 71.0 Å². The molecule has 0 atom stereocenters. The van der Waals surface area contributed by atoms with Crippen LogP contribution in [0.25, 0.3) is 11.1 Å². The van der Waals surface area contributed by atoms with Crippen molar-refractivity contribution in [1.82, 2.24) is 30.0 Å². The van der Waals surface area contributed by atoms with Crippen LogP contribution in [-0.2, 0) is 20.8 Å². The third-order valence-electron chi connectivity index (χ3n) is 6.64. The second-order valence-electron chi connectivity index (χ2n) is 10.9. The minimum Gasteiger partial charge on any atom is -0.444 e. The summed E-state index contributed by atoms with van der Waals surface area (Å²) in [6.07, 6.45) is 2.97. The third-order valence-corrected chi connectivity index (χ3v) is 6.64. The van der Waals surface area contributed by atoms with Gasteiger partial charge in [0.1, 0.15) is 12.1 Å². The van der Waals surface area contributed by atoms with Gasteiger partial charge in [0.25, 0.3) is 0 Å². The summed E-state index contributed by atoms with van der Waals surface area (Å²) in [4.78, 5) is 53.6. The molecule has 2 aliphatic heterocycles. The fourth-order valence-electron chi connectivity index (χ4n) is 4.49. The van der Waals surface area contributed by atoms with Crippen molar-refractivity contribution in [3.05, 3.63) is 42.2 Å². The van der Waals surface area contributed by atoms with Gasteiger partial charge in [-0.25, -0.2) is 19.6 Å². The number of ether oxygens (including phenoxy) is 2. The maximum absolute atomic E-state index is 12.7. The molecule has 4 rings (SSSR count). The number of carbonyl (C=O) groups excluding carboxylic acids is 3. The van der Waals surface area contributed by atoms with E-state index in [0.29, 0.717) is 65.0 Å². The lowest BCUT2D eigenvalue weighted by atomic mass is 10.1. The Morgan fingerprint density at radius 3 is 2.27 bits per heavy atom. The Morgan fingerprint density at radius 2 is 1.62 bits per heavy atom. The summed E-state index contributed by atoms with van der Waals surface area (Å²) in [7, 11) is 1.69. The molecule has 2 aliphatic rings. The maximum Gasteiger partial charge on any atom is 0.408 e. The van der Waals surface area contributed by atoms with E-state index in [1.807, 2.05) is 34.1 Å². The van der Waals surface area contributed by atoms with Gasteiger partial charge in [0.2, 0.25) is 11.9 Å². The number of aromatic nitrogens is 2. The first-order valence-electron chi connectivity index (χ1n) is 13.6. The van der Waals surface area contributed by atoms with Crippen LogP contribution in [0.4, 0.5) is 15.5 Å². The predicted octanol–water partition coefficient (Wildman–Crippen LogP) is 2.20. The van der Waals surface area contributed by atoms with Gasteiger partial charge in [-0.05, 0) is 38.0 Å². The summed E-state index contributed by atoms with van der Waals surface area (Å²) in [5.74, 6) is 0.414. The molecule has 216 valence electrons. The van der Waals surface area contributed by atoms with Crippen molar-refractivity contribution < 1.29 is 23.9 Å². The lowest BCUT2D eigenvalue weighted by Crippen LogP contribution is -2.55. The van der Waals surface area contributed by atoms with Gasteiger partial charge in [0, 0.05) is 70.8 Å². The number of rotatable bonds is 6. The first-order chi connectivity index (χ1) is 19.1. The molecular formula is C28H39N7O5. The third kappa shape index (κ3) is 8.04. The van der Waals surface area contributed by atoms with Crippen LogP contribution in [0.5, 0.6) is 0 Å². The van der Waals surface area contributed by atoms with E-state index in [-0.39, 0.29) is 18.5 Å². The average molecular weight is 554 g/mol. The molecule has 4 amide bonds. The number of alkyl carbamates (subject to hydrolysis) is 1. The Balaban J connectivity index is 1.28. The van der Waals surface area contributed by atoms with Crippen molar-refractivity contribution in [3.63, 3.8) is 0 Å². The summed E-state index contributed by atoms with van der Waals surface area (Å²) in [5, 5.41) is 2.50. The molecule has 0 aliphatic carbocycles. The van der Waals surface area contributed by atoms with Gasteiger partial charge in [-0.1, -0.05) is 18.2 Å². The highest BCUT2D eigenvalue weighted by molar-refractivity contribution is 5.82. The smallest absolute Gasteiger partial charge is 0.408 e. The number of piperazine rings is 1. The number of nitrogens with one attached hydrogen (secondary N) is 1. The second kappa shape index (κ2) is 12.9. The summed E-state index contributed by atoms with van der Waals surface area (Å²) in [6.45, 7) is 10.6. The number of anilines is 1. The van der Waals surface area contributed by atoms with E-state index >= 15 is 0 Å². The zero-order valence-electron chi connectivity index (χ0n) is 23.8. The lowest BCUT2D eigenvalue weighted by molar-refractivity contribution is -0.129. The second-order valence-corrected chi connectivity index (χ2v) is 10.9. The van der Waals surface area contributed by atoms with Crippen LogP contribution in [-0.4, -0.2) is 114 Å². The number of urea groups is 1. The lowest BCUT2D eigenvalue weighted by Gasteiger charge is -2.38. The molecule has 1 N–H and O–H groups in total. The number of likely N-dealkylation sites (N-methyl/N-ethyl adjacent to an activating group) is 1. The van der Waals surface area contributed by atoms with E-state index in [4.69, 9.17) is 9.47 Å². The molecule has 12 heteroatoms. The topological polar surface area (TPSA) is 120 Å². The Bertz CT molecular complexity index is 1170. The molecule has 12 nitrogen and oxygen atoms in total. The highest BCUT2D eigenvalue weighted by Crippen LogP contribution is 2.22. The largest absolute Gasteiger partial charge is 0.444 e. The Kier molecular flexibility index (Phi) is 9.41. The zero-order valence-corrected chi connectivity index (χ0v) is 23.8. The summed E-state index contributed by atoms with van der Waals surface area (Å²) in [6, 6.07) is 7.93. The summed E-state index contributed by atoms with van der Waals surface area (Å²) >= 11 is 0. The number of carbonyl (C=O) groups is 3. The van der Waals surface area contributed by atoms with Gasteiger partial charge < -0.3 is 34.4 Å². The van der Waals surface area contributed by atoms with Crippen molar-refractivity contribution in [2.24, 2.45) is 0 Å². The highest BCUT2D eigenvalue weighted by Gasteiger charge is 2.27. The fraction of sp³-hybridized carbons (Fsp3) is 0.536. The quantitative estimate of drug-likeness (QED) is 0.578. The van der Waals surface area contributed by atoms with Gasteiger partial charge >= 0.3 is 12.1 Å². The number of morpholine rings is 1. The van der Waals surface area contributed by atoms with E-state index in [2.05, 4.69) is 20.2 Å². The van der Waals surface area contributed by atoms with E-state index < -0.39 is 11.7 Å². The maximum atomic E-state index is 12.7. The zero-order chi connectivity index (χ0) is 28.7. The van der Waals surface area contributed by atoms with Crippen molar-refractivity contribution in [3.8, 4) is 11.1 Å². The summed E-state index contributed by atoms with van der Waals surface area (Å²) < 4.78 is 10.5. The van der Waals surface area contributed by atoms with Crippen molar-refractivity contribution in [1.29, 1.82) is 0 Å². The van der Waals surface area contributed by atoms with Crippen LogP contribution in [0, 0.1) is 0 Å². The van der Waals surface area contributed by atoms with Crippen molar-refractivity contribution in [2.45, 2.75) is 32.9 Å². The molecule has 2 saturated heterocycles. The molecular weight excluding hydrogens is 514 g/mol. The minimum absolute atomic E-state index is 0.0748. The van der Waals surface area contributed by atoms with Crippen LogP contribution in [0.2, 0.25) is 0 Å². The minimum atomic E-state index is -0.625. The van der Waals surface area contributed by atoms with Crippen LogP contribution in [0.15, 0.2) is 36.7 Å². The van der Waals surface area contributed by atoms with Crippen LogP contribution >= 0.6 is 0 Å². The van der Waals surface area contributed by atoms with Gasteiger partial charge in [0.05, 0.1) is 13.2 Å². The van der Waals surface area contributed by atoms with Crippen molar-refractivity contribution >= 4 is 24.0 Å². The molecule has 0 saturated carbocycles. The Morgan fingerprint density at radius 1 is 0.975 bits per heavy atom. The SMILES string of the molecule is CN(Cc1cccc(-c2cnc(N3CCN(C(=O)N4CCOCC4)CC3)nc2)c1)C(=O)CNC(=O)OC(C)(C)C. The van der Waals surface area contributed by atoms with Crippen LogP contribution < -0.4 is 10.2 Å². The number of hydrogen-bond donors (Lipinski definition) is 1. The molecule has 40 heavy (non-hydrogen) atoms. The Hall–Kier alpha value is -3.93. The van der Waals surface area contributed by atoms with Gasteiger partial charge in [0.15, 0.2) is 0 Å². The number of benzene rings is 1. The highest BCUT2D eigenvalue weighted by atomic mass is 16.6. The van der Waals surface area contributed by atoms with E-state index in [0.717, 1.165) is 16.7 Å². The number of hydrogen-bond acceptors (Lipinski definition) is 8. The first-order valence-corrected chi connectivity index (χ1v) is 13.6. The predicted molar refractivity (Wildman–Crippen MR) is 150 cm³/mol. The number of nitrogens with zero attached hydrogens (tertiary/aromatic N) is 6. The van der Waals surface area contributed by atoms with E-state index in [9.17, 15) is 14.4 Å². The van der Waals surface area contributed by atoms with E-state index in [1.54, 1.807) is 45.1 Å². The monoisotopic (exact) mass is 553 g/mol. The van der Waals surface area contributed by atoms with Gasteiger partial charge in [-0.3, -0.25) is 4.79 Å². The molecule has 2 fully saturated rings. The first kappa shape index (κ1) is 29.1. The van der Waals surface area contributed by atoms with Gasteiger partial charge in [-0.15, -0.1) is 0 Å².